The molecule has 2 aliphatic rings. The molecule has 2 aliphatic heterocycles. The molecule has 2 amide bonds. The van der Waals surface area contributed by atoms with Crippen molar-refractivity contribution < 1.29 is 19.1 Å². The first-order valence-corrected chi connectivity index (χ1v) is 16.3. The van der Waals surface area contributed by atoms with Gasteiger partial charge in [-0.3, -0.25) is 24.9 Å². The number of methoxy groups -OCH3 is 2. The van der Waals surface area contributed by atoms with Crippen molar-refractivity contribution in [2.24, 2.45) is 0 Å². The number of benzene rings is 2. The van der Waals surface area contributed by atoms with E-state index in [2.05, 4.69) is 30.9 Å². The molecule has 2 aromatic carbocycles. The van der Waals surface area contributed by atoms with Gasteiger partial charge < -0.3 is 20.1 Å². The number of hydrogen-bond acceptors (Lipinski definition) is 9. The minimum atomic E-state index is -0.268. The third kappa shape index (κ3) is 7.17. The average Bonchev–Trinajstić information content (AvgIpc) is 3.70. The largest absolute Gasteiger partial charge is 0.480 e. The molecule has 47 heavy (non-hydrogen) atoms. The van der Waals surface area contributed by atoms with Gasteiger partial charge in [0.25, 0.3) is 0 Å². The van der Waals surface area contributed by atoms with Crippen molar-refractivity contribution in [3.05, 3.63) is 70.2 Å². The lowest BCUT2D eigenvalue weighted by Crippen LogP contribution is -2.36. The fraction of sp³-hybridized carbons (Fsp3) is 0.353. The first kappa shape index (κ1) is 32.6. The van der Waals surface area contributed by atoms with Crippen LogP contribution in [-0.2, 0) is 22.6 Å². The van der Waals surface area contributed by atoms with E-state index in [9.17, 15) is 9.59 Å². The molecular formula is C34H35Cl2N7O4. The molecule has 0 spiro atoms. The van der Waals surface area contributed by atoms with Gasteiger partial charge in [0.15, 0.2) is 0 Å². The summed E-state index contributed by atoms with van der Waals surface area (Å²) in [6.07, 6.45) is 7.95. The van der Waals surface area contributed by atoms with E-state index in [-0.39, 0.29) is 23.9 Å². The highest BCUT2D eigenvalue weighted by Crippen LogP contribution is 2.42. The summed E-state index contributed by atoms with van der Waals surface area (Å²) in [5.74, 6) is 0.882. The number of rotatable bonds is 12. The molecule has 3 N–H and O–H groups in total. The smallest absolute Gasteiger partial charge is 0.237 e. The lowest BCUT2D eigenvalue weighted by molar-refractivity contribution is -0.121. The van der Waals surface area contributed by atoms with Gasteiger partial charge >= 0.3 is 0 Å². The summed E-state index contributed by atoms with van der Waals surface area (Å²) in [5, 5.41) is 9.95. The minimum Gasteiger partial charge on any atom is -0.480 e. The number of amides is 2. The van der Waals surface area contributed by atoms with E-state index in [4.69, 9.17) is 37.7 Å². The van der Waals surface area contributed by atoms with Crippen LogP contribution in [0.4, 0.5) is 0 Å². The molecule has 0 bridgehead atoms. The molecule has 4 heterocycles. The van der Waals surface area contributed by atoms with Gasteiger partial charge in [-0.15, -0.1) is 0 Å². The van der Waals surface area contributed by atoms with E-state index >= 15 is 0 Å². The van der Waals surface area contributed by atoms with Crippen LogP contribution in [0.15, 0.2) is 48.8 Å². The summed E-state index contributed by atoms with van der Waals surface area (Å²) in [6, 6.07) is 11.3. The predicted molar refractivity (Wildman–Crippen MR) is 179 cm³/mol. The third-order valence-corrected chi connectivity index (χ3v) is 9.28. The van der Waals surface area contributed by atoms with Crippen molar-refractivity contribution in [3.8, 4) is 45.4 Å². The topological polar surface area (TPSA) is 140 Å². The van der Waals surface area contributed by atoms with Crippen LogP contribution in [0.5, 0.6) is 11.8 Å². The Balaban J connectivity index is 1.23. The summed E-state index contributed by atoms with van der Waals surface area (Å²) < 4.78 is 11.2. The van der Waals surface area contributed by atoms with Crippen LogP contribution in [0.25, 0.3) is 33.6 Å². The van der Waals surface area contributed by atoms with Crippen LogP contribution in [0.2, 0.25) is 10.0 Å². The predicted octanol–water partition coefficient (Wildman–Crippen LogP) is 5.17. The molecule has 0 radical (unpaired) electrons. The first-order valence-electron chi connectivity index (χ1n) is 15.5. The molecule has 0 unspecified atom stereocenters. The zero-order valence-electron chi connectivity index (χ0n) is 26.1. The Hall–Kier alpha value is -4.32. The Kier molecular flexibility index (Phi) is 10.1. The summed E-state index contributed by atoms with van der Waals surface area (Å²) in [6.45, 7) is 0.984. The second kappa shape index (κ2) is 14.6. The maximum atomic E-state index is 11.9. The first-order chi connectivity index (χ1) is 22.9. The monoisotopic (exact) mass is 675 g/mol. The molecule has 2 fully saturated rings. The summed E-state index contributed by atoms with van der Waals surface area (Å²) in [7, 11) is 3.11. The van der Waals surface area contributed by atoms with Crippen molar-refractivity contribution >= 4 is 35.0 Å². The Labute approximate surface area is 282 Å². The molecule has 2 saturated heterocycles. The van der Waals surface area contributed by atoms with Crippen molar-refractivity contribution in [1.82, 2.24) is 35.9 Å². The lowest BCUT2D eigenvalue weighted by atomic mass is 9.98. The number of nitrogens with zero attached hydrogens (tertiary/aromatic N) is 4. The number of ether oxygens (including phenoxy) is 2. The zero-order chi connectivity index (χ0) is 32.9. The maximum absolute atomic E-state index is 11.9. The molecular weight excluding hydrogens is 641 g/mol. The normalized spacial score (nSPS) is 17.4. The highest BCUT2D eigenvalue weighted by molar-refractivity contribution is 6.39. The van der Waals surface area contributed by atoms with Crippen LogP contribution < -0.4 is 25.4 Å². The van der Waals surface area contributed by atoms with Gasteiger partial charge in [0.2, 0.25) is 23.6 Å². The summed E-state index contributed by atoms with van der Waals surface area (Å²) in [4.78, 5) is 42.1. The number of carbonyl (C=O) groups excluding carboxylic acids is 2. The van der Waals surface area contributed by atoms with Crippen molar-refractivity contribution in [2.45, 2.75) is 57.2 Å². The van der Waals surface area contributed by atoms with Gasteiger partial charge in [0.1, 0.15) is 11.4 Å². The van der Waals surface area contributed by atoms with Crippen molar-refractivity contribution in [1.29, 1.82) is 0 Å². The van der Waals surface area contributed by atoms with Gasteiger partial charge in [0, 0.05) is 47.8 Å². The van der Waals surface area contributed by atoms with Crippen molar-refractivity contribution in [2.75, 3.05) is 20.8 Å². The van der Waals surface area contributed by atoms with Gasteiger partial charge in [-0.1, -0.05) is 59.6 Å². The Morgan fingerprint density at radius 2 is 1.45 bits per heavy atom. The van der Waals surface area contributed by atoms with E-state index in [1.165, 1.54) is 7.11 Å². The molecule has 2 atom stereocenters. The molecule has 4 aromatic rings. The number of nitrogens with one attached hydrogen (secondary N) is 3. The number of halogens is 2. The quantitative estimate of drug-likeness (QED) is 0.185. The van der Waals surface area contributed by atoms with E-state index in [0.29, 0.717) is 87.9 Å². The molecule has 2 aromatic heterocycles. The summed E-state index contributed by atoms with van der Waals surface area (Å²) >= 11 is 14.1. The van der Waals surface area contributed by atoms with E-state index in [1.54, 1.807) is 19.5 Å². The van der Waals surface area contributed by atoms with Crippen molar-refractivity contribution in [3.63, 3.8) is 0 Å². The average molecular weight is 677 g/mol. The van der Waals surface area contributed by atoms with Gasteiger partial charge in [0.05, 0.1) is 54.1 Å². The second-order valence-corrected chi connectivity index (χ2v) is 12.2. The lowest BCUT2D eigenvalue weighted by Gasteiger charge is -2.15. The van der Waals surface area contributed by atoms with Crippen LogP contribution in [0, 0.1) is 0 Å². The molecule has 0 saturated carbocycles. The van der Waals surface area contributed by atoms with Crippen LogP contribution in [0.1, 0.15) is 43.5 Å². The Morgan fingerprint density at radius 3 is 2.00 bits per heavy atom. The van der Waals surface area contributed by atoms with Gasteiger partial charge in [-0.2, -0.15) is 0 Å². The zero-order valence-corrected chi connectivity index (χ0v) is 27.6. The highest BCUT2D eigenvalue weighted by atomic mass is 35.5. The number of aromatic nitrogens is 4. The molecule has 13 heteroatoms. The highest BCUT2D eigenvalue weighted by Gasteiger charge is 2.25. The second-order valence-electron chi connectivity index (χ2n) is 11.5. The fourth-order valence-electron chi connectivity index (χ4n) is 5.97. The number of hydrogen-bond donors (Lipinski definition) is 3. The van der Waals surface area contributed by atoms with Crippen LogP contribution in [-0.4, -0.2) is 64.6 Å². The number of aryl methyl sites for hydroxylation is 1. The SMILES string of the molecule is COc1nc(-c2cccc(-c3cccc(-c4cnc(CN[C@H]5CCNC5=O)c(OC)n4)c3Cl)c2Cl)cnc1CCC[C@@H]1CCC(=O)N1. The number of carbonyl (C=O) groups is 2. The van der Waals surface area contributed by atoms with E-state index in [1.807, 2.05) is 36.4 Å². The van der Waals surface area contributed by atoms with Crippen LogP contribution >= 0.6 is 23.2 Å². The molecule has 6 rings (SSSR count). The molecule has 11 nitrogen and oxygen atoms in total. The van der Waals surface area contributed by atoms with E-state index < -0.39 is 0 Å². The molecule has 0 aliphatic carbocycles. The third-order valence-electron chi connectivity index (χ3n) is 8.47. The Morgan fingerprint density at radius 1 is 0.851 bits per heavy atom. The molecule has 244 valence electrons. The summed E-state index contributed by atoms with van der Waals surface area (Å²) in [5.41, 5.74) is 5.22. The maximum Gasteiger partial charge on any atom is 0.237 e. The fourth-order valence-corrected chi connectivity index (χ4v) is 6.62. The Bertz CT molecular complexity index is 1800. The van der Waals surface area contributed by atoms with E-state index in [0.717, 1.165) is 30.5 Å². The standard InChI is InChI=1S/C34H35Cl2N7O4/c1-46-33-25(11-3-6-19-12-13-29(44)41-19)39-16-26(42-33)22-9-4-7-20(30(22)35)21-8-5-10-23(31(21)36)27-17-40-28(34(43-27)47-2)18-38-24-14-15-37-32(24)45/h4-5,7-10,16-17,19,24,38H,3,6,11-15,18H2,1-2H3,(H,37,45)(H,41,44)/t19-,24+/m1/s1. The van der Waals surface area contributed by atoms with Gasteiger partial charge in [-0.25, -0.2) is 9.97 Å². The van der Waals surface area contributed by atoms with Gasteiger partial charge in [-0.05, 0) is 32.1 Å². The van der Waals surface area contributed by atoms with Crippen LogP contribution in [0.3, 0.4) is 0 Å². The minimum absolute atomic E-state index is 0.0220.